The van der Waals surface area contributed by atoms with Crippen LogP contribution in [0, 0.1) is 6.92 Å². The number of amides is 2. The fourth-order valence-corrected chi connectivity index (χ4v) is 3.59. The summed E-state index contributed by atoms with van der Waals surface area (Å²) in [5, 5.41) is 14.1. The smallest absolute Gasteiger partial charge is 0.313 e. The van der Waals surface area contributed by atoms with E-state index in [1.165, 1.54) is 10.5 Å². The van der Waals surface area contributed by atoms with E-state index in [1.54, 1.807) is 17.4 Å². The van der Waals surface area contributed by atoms with Gasteiger partial charge in [0.05, 0.1) is 6.10 Å². The summed E-state index contributed by atoms with van der Waals surface area (Å²) in [5.74, 6) is -1.27. The zero-order valence-electron chi connectivity index (χ0n) is 12.8. The van der Waals surface area contributed by atoms with Crippen LogP contribution in [0.3, 0.4) is 0 Å². The second kappa shape index (κ2) is 6.52. The van der Waals surface area contributed by atoms with Gasteiger partial charge in [-0.15, -0.1) is 11.3 Å². The average Bonchev–Trinajstić information content (AvgIpc) is 3.15. The second-order valence-corrected chi connectivity index (χ2v) is 6.58. The molecule has 3 rings (SSSR count). The van der Waals surface area contributed by atoms with Crippen molar-refractivity contribution in [2.45, 2.75) is 19.4 Å². The number of aliphatic hydroxyl groups is 1. The quantitative estimate of drug-likeness (QED) is 0.830. The second-order valence-electron chi connectivity index (χ2n) is 5.66. The summed E-state index contributed by atoms with van der Waals surface area (Å²) < 4.78 is 0. The first-order chi connectivity index (χ1) is 11.0. The molecule has 23 heavy (non-hydrogen) atoms. The molecule has 2 aromatic rings. The van der Waals surface area contributed by atoms with Gasteiger partial charge in [0.15, 0.2) is 0 Å². The third-order valence-corrected chi connectivity index (χ3v) is 4.96. The Morgan fingerprint density at radius 2 is 2.17 bits per heavy atom. The first kappa shape index (κ1) is 15.7. The minimum absolute atomic E-state index is 0.223. The van der Waals surface area contributed by atoms with Gasteiger partial charge in [-0.3, -0.25) is 9.59 Å². The molecule has 0 saturated carbocycles. The number of carbonyl (C=O) groups is 2. The predicted octanol–water partition coefficient (Wildman–Crippen LogP) is 2.26. The number of carbonyl (C=O) groups excluding carboxylic acids is 2. The lowest BCUT2D eigenvalue weighted by Gasteiger charge is -2.15. The summed E-state index contributed by atoms with van der Waals surface area (Å²) in [6, 6.07) is 9.51. The van der Waals surface area contributed by atoms with Crippen LogP contribution in [-0.2, 0) is 9.59 Å². The van der Waals surface area contributed by atoms with Crippen LogP contribution in [0.2, 0.25) is 0 Å². The van der Waals surface area contributed by atoms with E-state index in [1.807, 2.05) is 36.6 Å². The summed E-state index contributed by atoms with van der Waals surface area (Å²) in [6.07, 6.45) is -0.0107. The van der Waals surface area contributed by atoms with Gasteiger partial charge < -0.3 is 15.3 Å². The molecule has 1 aromatic heterocycles. The molecule has 120 valence electrons. The van der Waals surface area contributed by atoms with E-state index in [-0.39, 0.29) is 6.54 Å². The van der Waals surface area contributed by atoms with Gasteiger partial charge in [-0.05, 0) is 48.1 Å². The van der Waals surface area contributed by atoms with Gasteiger partial charge in [-0.25, -0.2) is 0 Å². The van der Waals surface area contributed by atoms with E-state index in [2.05, 4.69) is 5.32 Å². The molecule has 2 amide bonds. The summed E-state index contributed by atoms with van der Waals surface area (Å²) in [6.45, 7) is 2.68. The number of nitrogens with one attached hydrogen (secondary N) is 1. The van der Waals surface area contributed by atoms with E-state index in [0.29, 0.717) is 18.7 Å². The average molecular weight is 330 g/mol. The highest BCUT2D eigenvalue weighted by atomic mass is 32.1. The van der Waals surface area contributed by atoms with Gasteiger partial charge >= 0.3 is 11.8 Å². The molecule has 0 aliphatic carbocycles. The van der Waals surface area contributed by atoms with Crippen molar-refractivity contribution in [2.75, 3.05) is 18.4 Å². The number of rotatable bonds is 2. The van der Waals surface area contributed by atoms with Crippen molar-refractivity contribution in [1.82, 2.24) is 4.90 Å². The maximum Gasteiger partial charge on any atom is 0.313 e. The Labute approximate surface area is 138 Å². The Morgan fingerprint density at radius 3 is 2.83 bits per heavy atom. The van der Waals surface area contributed by atoms with Gasteiger partial charge in [-0.1, -0.05) is 12.1 Å². The lowest BCUT2D eigenvalue weighted by Crippen LogP contribution is -2.38. The molecule has 0 radical (unpaired) electrons. The number of nitrogens with zero attached hydrogens (tertiary/aromatic N) is 1. The van der Waals surface area contributed by atoms with Crippen LogP contribution in [0.15, 0.2) is 35.7 Å². The largest absolute Gasteiger partial charge is 0.391 e. The van der Waals surface area contributed by atoms with Crippen molar-refractivity contribution in [2.24, 2.45) is 0 Å². The summed E-state index contributed by atoms with van der Waals surface area (Å²) >= 11 is 1.64. The van der Waals surface area contributed by atoms with Crippen molar-refractivity contribution in [3.05, 3.63) is 41.3 Å². The fraction of sp³-hybridized carbons (Fsp3) is 0.294. The van der Waals surface area contributed by atoms with Crippen LogP contribution in [0.1, 0.15) is 12.0 Å². The number of aryl methyl sites for hydroxylation is 1. The number of anilines is 1. The molecule has 6 heteroatoms. The van der Waals surface area contributed by atoms with Crippen molar-refractivity contribution < 1.29 is 14.7 Å². The molecular formula is C17H18N2O3S. The SMILES string of the molecule is Cc1ccsc1-c1cccc(NC(=O)C(=O)N2CC[C@@H](O)C2)c1. The van der Waals surface area contributed by atoms with Gasteiger partial charge in [0, 0.05) is 23.7 Å². The number of hydrogen-bond donors (Lipinski definition) is 2. The van der Waals surface area contributed by atoms with E-state index in [9.17, 15) is 14.7 Å². The predicted molar refractivity (Wildman–Crippen MR) is 90.3 cm³/mol. The van der Waals surface area contributed by atoms with E-state index in [4.69, 9.17) is 0 Å². The molecule has 1 aliphatic rings. The number of aliphatic hydroxyl groups excluding tert-OH is 1. The van der Waals surface area contributed by atoms with Crippen LogP contribution < -0.4 is 5.32 Å². The monoisotopic (exact) mass is 330 g/mol. The molecule has 2 N–H and O–H groups in total. The number of hydrogen-bond acceptors (Lipinski definition) is 4. The topological polar surface area (TPSA) is 69.6 Å². The van der Waals surface area contributed by atoms with Crippen LogP contribution in [0.5, 0.6) is 0 Å². The molecule has 1 aromatic carbocycles. The Hall–Kier alpha value is -2.18. The molecule has 1 fully saturated rings. The van der Waals surface area contributed by atoms with E-state index < -0.39 is 17.9 Å². The van der Waals surface area contributed by atoms with Crippen LogP contribution in [0.25, 0.3) is 10.4 Å². The zero-order chi connectivity index (χ0) is 16.4. The lowest BCUT2D eigenvalue weighted by atomic mass is 10.1. The molecule has 0 bridgehead atoms. The summed E-state index contributed by atoms with van der Waals surface area (Å²) in [5.41, 5.74) is 2.79. The minimum atomic E-state index is -0.667. The molecule has 0 unspecified atom stereocenters. The zero-order valence-corrected chi connectivity index (χ0v) is 13.6. The van der Waals surface area contributed by atoms with Gasteiger partial charge in [0.25, 0.3) is 0 Å². The number of benzene rings is 1. The van der Waals surface area contributed by atoms with Crippen molar-refractivity contribution >= 4 is 28.8 Å². The molecule has 2 heterocycles. The fourth-order valence-electron chi connectivity index (χ4n) is 2.66. The molecule has 0 spiro atoms. The van der Waals surface area contributed by atoms with E-state index >= 15 is 0 Å². The van der Waals surface area contributed by atoms with Gasteiger partial charge in [0.1, 0.15) is 0 Å². The Balaban J connectivity index is 1.72. The lowest BCUT2D eigenvalue weighted by molar-refractivity contribution is -0.142. The minimum Gasteiger partial charge on any atom is -0.391 e. The maximum atomic E-state index is 12.1. The Morgan fingerprint density at radius 1 is 1.35 bits per heavy atom. The first-order valence-electron chi connectivity index (χ1n) is 7.47. The number of likely N-dealkylation sites (tertiary alicyclic amines) is 1. The number of β-amino-alcohol motifs (C(OH)–C–C–N with tert-alkyl or cyclic N) is 1. The van der Waals surface area contributed by atoms with Gasteiger partial charge in [-0.2, -0.15) is 0 Å². The summed E-state index contributed by atoms with van der Waals surface area (Å²) in [7, 11) is 0. The highest BCUT2D eigenvalue weighted by Gasteiger charge is 2.28. The normalized spacial score (nSPS) is 17.3. The Bertz CT molecular complexity index is 741. The highest BCUT2D eigenvalue weighted by molar-refractivity contribution is 7.13. The van der Waals surface area contributed by atoms with Crippen molar-refractivity contribution in [3.63, 3.8) is 0 Å². The molecule has 5 nitrogen and oxygen atoms in total. The van der Waals surface area contributed by atoms with Crippen LogP contribution in [0.4, 0.5) is 5.69 Å². The molecule has 1 aliphatic heterocycles. The summed E-state index contributed by atoms with van der Waals surface area (Å²) in [4.78, 5) is 26.7. The first-order valence-corrected chi connectivity index (χ1v) is 8.35. The van der Waals surface area contributed by atoms with Crippen molar-refractivity contribution in [1.29, 1.82) is 0 Å². The number of thiophene rings is 1. The molecule has 1 saturated heterocycles. The van der Waals surface area contributed by atoms with Gasteiger partial charge in [0.2, 0.25) is 0 Å². The van der Waals surface area contributed by atoms with Crippen LogP contribution >= 0.6 is 11.3 Å². The Kier molecular flexibility index (Phi) is 4.45. The highest BCUT2D eigenvalue weighted by Crippen LogP contribution is 2.30. The molecular weight excluding hydrogens is 312 g/mol. The third kappa shape index (κ3) is 3.43. The van der Waals surface area contributed by atoms with Crippen LogP contribution in [-0.4, -0.2) is 41.0 Å². The van der Waals surface area contributed by atoms with Crippen molar-refractivity contribution in [3.8, 4) is 10.4 Å². The third-order valence-electron chi connectivity index (χ3n) is 3.89. The molecule has 1 atom stereocenters. The standard InChI is InChI=1S/C17H18N2O3S/c1-11-6-8-23-15(11)12-3-2-4-13(9-12)18-16(21)17(22)19-7-5-14(20)10-19/h2-4,6,8-9,14,20H,5,7,10H2,1H3,(H,18,21)/t14-/m1/s1. The van der Waals surface area contributed by atoms with E-state index in [0.717, 1.165) is 10.4 Å². The maximum absolute atomic E-state index is 12.1.